The lowest BCUT2D eigenvalue weighted by Crippen LogP contribution is -2.47. The number of nitrogens with one attached hydrogen (secondary N) is 2. The van der Waals surface area contributed by atoms with E-state index in [1.54, 1.807) is 7.11 Å². The Morgan fingerprint density at radius 2 is 2.14 bits per heavy atom. The molecule has 0 aliphatic carbocycles. The summed E-state index contributed by atoms with van der Waals surface area (Å²) in [5, 5.41) is 11.6. The topological polar surface area (TPSA) is 79.6 Å². The summed E-state index contributed by atoms with van der Waals surface area (Å²) in [5.74, 6) is 3.40. The van der Waals surface area contributed by atoms with E-state index in [0.29, 0.717) is 24.6 Å². The van der Waals surface area contributed by atoms with E-state index in [1.807, 2.05) is 4.68 Å². The predicted molar refractivity (Wildman–Crippen MR) is 127 cm³/mol. The molecule has 1 saturated heterocycles. The highest BCUT2D eigenvalue weighted by atomic mass is 127. The predicted octanol–water partition coefficient (Wildman–Crippen LogP) is 2.03. The number of likely N-dealkylation sites (tertiary alicyclic amines) is 1. The lowest BCUT2D eigenvalue weighted by Gasteiger charge is -2.35. The molecule has 1 aromatic heterocycles. The van der Waals surface area contributed by atoms with Gasteiger partial charge in [-0.25, -0.2) is 9.67 Å². The number of hydrogen-bond acceptors (Lipinski definition) is 5. The maximum absolute atomic E-state index is 5.15. The molecule has 166 valence electrons. The molecule has 1 fully saturated rings. The third-order valence-corrected chi connectivity index (χ3v) is 5.65. The summed E-state index contributed by atoms with van der Waals surface area (Å²) in [5.41, 5.74) is 0. The van der Waals surface area contributed by atoms with Crippen LogP contribution in [-0.4, -0.2) is 71.0 Å². The number of aromatic nitrogens is 3. The summed E-state index contributed by atoms with van der Waals surface area (Å²) in [6.07, 6.45) is 4.53. The monoisotopic (exact) mass is 519 g/mol. The minimum atomic E-state index is 0. The third kappa shape index (κ3) is 7.06. The molecule has 9 heteroatoms. The highest BCUT2D eigenvalue weighted by Crippen LogP contribution is 2.19. The van der Waals surface area contributed by atoms with Gasteiger partial charge in [0, 0.05) is 45.2 Å². The summed E-state index contributed by atoms with van der Waals surface area (Å²) in [7, 11) is 1.68. The van der Waals surface area contributed by atoms with Crippen LogP contribution >= 0.6 is 24.0 Å². The van der Waals surface area contributed by atoms with Crippen molar-refractivity contribution in [1.82, 2.24) is 30.3 Å². The highest BCUT2D eigenvalue weighted by Gasteiger charge is 2.24. The summed E-state index contributed by atoms with van der Waals surface area (Å²) in [6.45, 7) is 12.1. The van der Waals surface area contributed by atoms with Gasteiger partial charge in [-0.3, -0.25) is 4.99 Å². The van der Waals surface area contributed by atoms with Gasteiger partial charge >= 0.3 is 0 Å². The summed E-state index contributed by atoms with van der Waals surface area (Å²) < 4.78 is 7.17. The minimum absolute atomic E-state index is 0. The van der Waals surface area contributed by atoms with Crippen molar-refractivity contribution >= 4 is 29.9 Å². The average Bonchev–Trinajstić information content (AvgIpc) is 3.08. The Balaban J connectivity index is 0.00000300. The molecule has 0 saturated carbocycles. The van der Waals surface area contributed by atoms with Crippen LogP contribution in [0.3, 0.4) is 0 Å². The van der Waals surface area contributed by atoms with E-state index in [4.69, 9.17) is 9.73 Å². The molecule has 2 atom stereocenters. The number of piperidine rings is 1. The highest BCUT2D eigenvalue weighted by molar-refractivity contribution is 14.0. The van der Waals surface area contributed by atoms with Crippen LogP contribution < -0.4 is 10.6 Å². The van der Waals surface area contributed by atoms with Crippen LogP contribution in [0.25, 0.3) is 0 Å². The minimum Gasteiger partial charge on any atom is -0.377 e. The molecule has 0 aromatic carbocycles. The van der Waals surface area contributed by atoms with Gasteiger partial charge in [0.05, 0.1) is 6.54 Å². The van der Waals surface area contributed by atoms with Gasteiger partial charge in [0.2, 0.25) is 0 Å². The van der Waals surface area contributed by atoms with Gasteiger partial charge in [-0.05, 0) is 52.5 Å². The number of nitrogens with zero attached hydrogens (tertiary/aromatic N) is 5. The number of methoxy groups -OCH3 is 1. The van der Waals surface area contributed by atoms with Crippen molar-refractivity contribution in [3.05, 3.63) is 11.6 Å². The molecule has 0 amide bonds. The molecule has 0 spiro atoms. The molecule has 2 aliphatic rings. The SMILES string of the molecule is CCNC(=NCC1CCCN(C(C)C)C1)NC1CCc2nc(COC)nn2C1.I. The van der Waals surface area contributed by atoms with Gasteiger partial charge in [0.15, 0.2) is 11.8 Å². The van der Waals surface area contributed by atoms with Gasteiger partial charge in [-0.15, -0.1) is 24.0 Å². The first kappa shape index (κ1) is 24.3. The number of ether oxygens (including phenoxy) is 1. The van der Waals surface area contributed by atoms with E-state index in [-0.39, 0.29) is 24.0 Å². The van der Waals surface area contributed by atoms with E-state index in [0.717, 1.165) is 56.6 Å². The Morgan fingerprint density at radius 3 is 2.86 bits per heavy atom. The second-order valence-corrected chi connectivity index (χ2v) is 8.26. The number of fused-ring (bicyclic) bond motifs is 1. The number of halogens is 1. The number of aryl methyl sites for hydroxylation is 1. The molecule has 1 aromatic rings. The molecule has 3 heterocycles. The Bertz CT molecular complexity index is 649. The van der Waals surface area contributed by atoms with Crippen LogP contribution in [-0.2, 0) is 24.3 Å². The van der Waals surface area contributed by atoms with E-state index in [2.05, 4.69) is 46.4 Å². The molecule has 2 unspecified atom stereocenters. The van der Waals surface area contributed by atoms with Crippen LogP contribution in [0.4, 0.5) is 0 Å². The maximum Gasteiger partial charge on any atom is 0.191 e. The number of guanidine groups is 1. The Morgan fingerprint density at radius 1 is 1.31 bits per heavy atom. The standard InChI is InChI=1S/C20H37N7O.HI/c1-5-21-20(22-11-16-7-6-10-26(12-16)15(2)3)23-17-8-9-19-24-18(14-28-4)25-27(19)13-17;/h15-17H,5-14H2,1-4H3,(H2,21,22,23);1H. The first-order valence-electron chi connectivity index (χ1n) is 10.8. The lowest BCUT2D eigenvalue weighted by molar-refractivity contribution is 0.143. The zero-order valence-corrected chi connectivity index (χ0v) is 20.7. The number of hydrogen-bond donors (Lipinski definition) is 2. The van der Waals surface area contributed by atoms with E-state index in [9.17, 15) is 0 Å². The van der Waals surface area contributed by atoms with Gasteiger partial charge < -0.3 is 20.3 Å². The van der Waals surface area contributed by atoms with Crippen molar-refractivity contribution in [2.45, 2.75) is 71.7 Å². The Kier molecular flexibility index (Phi) is 10.1. The van der Waals surface area contributed by atoms with Crippen molar-refractivity contribution in [1.29, 1.82) is 0 Å². The lowest BCUT2D eigenvalue weighted by atomic mass is 9.97. The Hall–Kier alpha value is -0.940. The quantitative estimate of drug-likeness (QED) is 0.326. The largest absolute Gasteiger partial charge is 0.377 e. The zero-order chi connectivity index (χ0) is 19.9. The zero-order valence-electron chi connectivity index (χ0n) is 18.4. The van der Waals surface area contributed by atoms with Crippen LogP contribution in [0, 0.1) is 5.92 Å². The molecule has 2 aliphatic heterocycles. The molecule has 8 nitrogen and oxygen atoms in total. The molecule has 2 N–H and O–H groups in total. The smallest absolute Gasteiger partial charge is 0.191 e. The molecule has 29 heavy (non-hydrogen) atoms. The Labute approximate surface area is 192 Å². The van der Waals surface area contributed by atoms with Crippen LogP contribution in [0.5, 0.6) is 0 Å². The second-order valence-electron chi connectivity index (χ2n) is 8.26. The average molecular weight is 519 g/mol. The fourth-order valence-electron chi connectivity index (χ4n) is 4.12. The second kappa shape index (κ2) is 12.0. The summed E-state index contributed by atoms with van der Waals surface area (Å²) >= 11 is 0. The first-order valence-corrected chi connectivity index (χ1v) is 10.8. The van der Waals surface area contributed by atoms with Crippen molar-refractivity contribution in [3.63, 3.8) is 0 Å². The van der Waals surface area contributed by atoms with Gasteiger partial charge in [0.25, 0.3) is 0 Å². The van der Waals surface area contributed by atoms with Crippen molar-refractivity contribution in [2.75, 3.05) is 33.3 Å². The van der Waals surface area contributed by atoms with E-state index >= 15 is 0 Å². The fraction of sp³-hybridized carbons (Fsp3) is 0.850. The van der Waals surface area contributed by atoms with Crippen molar-refractivity contribution < 1.29 is 4.74 Å². The van der Waals surface area contributed by atoms with Crippen molar-refractivity contribution in [3.8, 4) is 0 Å². The van der Waals surface area contributed by atoms with Gasteiger partial charge in [-0.1, -0.05) is 0 Å². The van der Waals surface area contributed by atoms with Crippen LogP contribution in [0.15, 0.2) is 4.99 Å². The third-order valence-electron chi connectivity index (χ3n) is 5.65. The molecular formula is C20H38IN7O. The maximum atomic E-state index is 5.15. The van der Waals surface area contributed by atoms with Crippen LogP contribution in [0.2, 0.25) is 0 Å². The number of rotatable bonds is 7. The van der Waals surface area contributed by atoms with E-state index < -0.39 is 0 Å². The number of aliphatic imine (C=N–C) groups is 1. The summed E-state index contributed by atoms with van der Waals surface area (Å²) in [4.78, 5) is 12.1. The molecule has 3 rings (SSSR count). The molecular weight excluding hydrogens is 481 g/mol. The first-order chi connectivity index (χ1) is 13.6. The van der Waals surface area contributed by atoms with Gasteiger partial charge in [0.1, 0.15) is 12.4 Å². The van der Waals surface area contributed by atoms with Gasteiger partial charge in [-0.2, -0.15) is 5.10 Å². The van der Waals surface area contributed by atoms with E-state index in [1.165, 1.54) is 19.4 Å². The van der Waals surface area contributed by atoms with Crippen LogP contribution in [0.1, 0.15) is 51.7 Å². The molecule has 0 radical (unpaired) electrons. The molecule has 0 bridgehead atoms. The summed E-state index contributed by atoms with van der Waals surface area (Å²) in [6, 6.07) is 0.946. The fourth-order valence-corrected chi connectivity index (χ4v) is 4.12. The van der Waals surface area contributed by atoms with Crippen molar-refractivity contribution in [2.24, 2.45) is 10.9 Å². The normalized spacial score (nSPS) is 22.9.